The zero-order valence-corrected chi connectivity index (χ0v) is 15.5. The Bertz CT molecular complexity index is 1140. The fourth-order valence-electron chi connectivity index (χ4n) is 3.23. The predicted molar refractivity (Wildman–Crippen MR) is 108 cm³/mol. The molecule has 0 aliphatic carbocycles. The van der Waals surface area contributed by atoms with Gasteiger partial charge in [0.15, 0.2) is 5.13 Å². The minimum atomic E-state index is 0.750. The fraction of sp³-hybridized carbons (Fsp3) is 0.143. The second-order valence-corrected chi connectivity index (χ2v) is 7.39. The number of methoxy groups -OCH3 is 1. The molecule has 27 heavy (non-hydrogen) atoms. The molecule has 134 valence electrons. The number of nitrogens with one attached hydrogen (secondary N) is 1. The molecule has 2 aromatic heterocycles. The summed E-state index contributed by atoms with van der Waals surface area (Å²) in [6.45, 7) is 0.766. The quantitative estimate of drug-likeness (QED) is 0.541. The third-order valence-corrected chi connectivity index (χ3v) is 5.54. The fourth-order valence-corrected chi connectivity index (χ4v) is 4.16. The summed E-state index contributed by atoms with van der Waals surface area (Å²) in [6.07, 6.45) is 4.51. The number of hydrogen-bond acceptors (Lipinski definition) is 6. The summed E-state index contributed by atoms with van der Waals surface area (Å²) >= 11 is 1.64. The van der Waals surface area contributed by atoms with Crippen molar-refractivity contribution < 1.29 is 9.47 Å². The second kappa shape index (κ2) is 6.55. The van der Waals surface area contributed by atoms with Gasteiger partial charge < -0.3 is 14.8 Å². The van der Waals surface area contributed by atoms with E-state index in [1.165, 1.54) is 5.56 Å². The van der Waals surface area contributed by atoms with Crippen molar-refractivity contribution >= 4 is 32.4 Å². The maximum absolute atomic E-state index is 5.57. The molecule has 0 saturated heterocycles. The van der Waals surface area contributed by atoms with E-state index in [0.717, 1.165) is 56.7 Å². The molecule has 6 heteroatoms. The van der Waals surface area contributed by atoms with Gasteiger partial charge in [-0.05, 0) is 47.5 Å². The molecule has 0 atom stereocenters. The lowest BCUT2D eigenvalue weighted by Crippen LogP contribution is -1.90. The molecule has 2 aromatic carbocycles. The highest BCUT2D eigenvalue weighted by Crippen LogP contribution is 2.34. The Morgan fingerprint density at radius 2 is 2.04 bits per heavy atom. The highest BCUT2D eigenvalue weighted by molar-refractivity contribution is 7.22. The molecule has 5 nitrogen and oxygen atoms in total. The minimum absolute atomic E-state index is 0.750. The Hall–Kier alpha value is -3.12. The summed E-state index contributed by atoms with van der Waals surface area (Å²) in [5.74, 6) is 1.74. The van der Waals surface area contributed by atoms with E-state index in [-0.39, 0.29) is 0 Å². The summed E-state index contributed by atoms with van der Waals surface area (Å²) in [4.78, 5) is 8.95. The first-order valence-corrected chi connectivity index (χ1v) is 9.53. The Balaban J connectivity index is 1.45. The van der Waals surface area contributed by atoms with Crippen LogP contribution in [0.1, 0.15) is 5.56 Å². The van der Waals surface area contributed by atoms with E-state index in [0.29, 0.717) is 0 Å². The van der Waals surface area contributed by atoms with E-state index in [1.807, 2.05) is 30.5 Å². The number of benzene rings is 2. The maximum Gasteiger partial charge on any atom is 0.188 e. The Morgan fingerprint density at radius 3 is 2.96 bits per heavy atom. The average Bonchev–Trinajstić information content (AvgIpc) is 3.33. The van der Waals surface area contributed by atoms with Crippen molar-refractivity contribution in [2.24, 2.45) is 0 Å². The molecule has 0 radical (unpaired) electrons. The van der Waals surface area contributed by atoms with Crippen molar-refractivity contribution in [3.05, 3.63) is 60.4 Å². The van der Waals surface area contributed by atoms with Gasteiger partial charge in [-0.15, -0.1) is 0 Å². The standard InChI is InChI=1S/C21H17N3O2S/c1-25-17-9-15(11-22-12-17)13-2-4-18-20(10-13)27-21(24-18)23-16-3-5-19-14(8-16)6-7-26-19/h2-5,8-12H,6-7H2,1H3,(H,23,24). The Kier molecular flexibility index (Phi) is 3.90. The average molecular weight is 375 g/mol. The monoisotopic (exact) mass is 375 g/mol. The van der Waals surface area contributed by atoms with Crippen LogP contribution >= 0.6 is 11.3 Å². The minimum Gasteiger partial charge on any atom is -0.495 e. The summed E-state index contributed by atoms with van der Waals surface area (Å²) in [5.41, 5.74) is 5.38. The predicted octanol–water partition coefficient (Wildman–Crippen LogP) is 5.05. The van der Waals surface area contributed by atoms with Crippen molar-refractivity contribution in [3.8, 4) is 22.6 Å². The van der Waals surface area contributed by atoms with Crippen molar-refractivity contribution in [2.45, 2.75) is 6.42 Å². The summed E-state index contributed by atoms with van der Waals surface area (Å²) in [5, 5.41) is 4.30. The number of rotatable bonds is 4. The number of ether oxygens (including phenoxy) is 2. The number of pyridine rings is 1. The number of fused-ring (bicyclic) bond motifs is 2. The molecule has 3 heterocycles. The van der Waals surface area contributed by atoms with Gasteiger partial charge in [0.05, 0.1) is 30.1 Å². The molecule has 5 rings (SSSR count). The third-order valence-electron chi connectivity index (χ3n) is 4.61. The molecule has 1 N–H and O–H groups in total. The number of thiazole rings is 1. The van der Waals surface area contributed by atoms with Crippen molar-refractivity contribution in [3.63, 3.8) is 0 Å². The highest BCUT2D eigenvalue weighted by atomic mass is 32.1. The van der Waals surface area contributed by atoms with Crippen LogP contribution in [0.5, 0.6) is 11.5 Å². The Morgan fingerprint density at radius 1 is 1.07 bits per heavy atom. The van der Waals surface area contributed by atoms with Gasteiger partial charge in [0, 0.05) is 23.9 Å². The van der Waals surface area contributed by atoms with Crippen LogP contribution in [-0.2, 0) is 6.42 Å². The second-order valence-electron chi connectivity index (χ2n) is 6.36. The number of nitrogens with zero attached hydrogens (tertiary/aromatic N) is 2. The molecular formula is C21H17N3O2S. The van der Waals surface area contributed by atoms with Gasteiger partial charge >= 0.3 is 0 Å². The van der Waals surface area contributed by atoms with Crippen molar-refractivity contribution in [2.75, 3.05) is 19.0 Å². The molecule has 4 aromatic rings. The van der Waals surface area contributed by atoms with Crippen LogP contribution in [0.2, 0.25) is 0 Å². The maximum atomic E-state index is 5.57. The summed E-state index contributed by atoms with van der Waals surface area (Å²) < 4.78 is 12.0. The van der Waals surface area contributed by atoms with Gasteiger partial charge in [-0.2, -0.15) is 0 Å². The lowest BCUT2D eigenvalue weighted by atomic mass is 10.1. The van der Waals surface area contributed by atoms with E-state index in [4.69, 9.17) is 14.5 Å². The van der Waals surface area contributed by atoms with Gasteiger partial charge in [-0.3, -0.25) is 4.98 Å². The number of hydrogen-bond donors (Lipinski definition) is 1. The summed E-state index contributed by atoms with van der Waals surface area (Å²) in [7, 11) is 1.65. The summed E-state index contributed by atoms with van der Waals surface area (Å²) in [6, 6.07) is 14.4. The van der Waals surface area contributed by atoms with Gasteiger partial charge in [0.1, 0.15) is 11.5 Å². The van der Waals surface area contributed by atoms with E-state index >= 15 is 0 Å². The van der Waals surface area contributed by atoms with Crippen LogP contribution < -0.4 is 14.8 Å². The lowest BCUT2D eigenvalue weighted by molar-refractivity contribution is 0.357. The van der Waals surface area contributed by atoms with E-state index in [2.05, 4.69) is 28.5 Å². The van der Waals surface area contributed by atoms with Crippen LogP contribution in [0.25, 0.3) is 21.3 Å². The zero-order chi connectivity index (χ0) is 18.2. The first-order valence-electron chi connectivity index (χ1n) is 8.71. The molecule has 0 saturated carbocycles. The van der Waals surface area contributed by atoms with Crippen LogP contribution in [0.15, 0.2) is 54.9 Å². The first-order chi connectivity index (χ1) is 13.3. The molecule has 1 aliphatic rings. The number of anilines is 2. The van der Waals surface area contributed by atoms with Gasteiger partial charge in [-0.1, -0.05) is 17.4 Å². The zero-order valence-electron chi connectivity index (χ0n) is 14.7. The van der Waals surface area contributed by atoms with Crippen molar-refractivity contribution in [1.29, 1.82) is 0 Å². The van der Waals surface area contributed by atoms with Crippen molar-refractivity contribution in [1.82, 2.24) is 9.97 Å². The Labute approximate surface area is 160 Å². The topological polar surface area (TPSA) is 56.3 Å². The highest BCUT2D eigenvalue weighted by Gasteiger charge is 2.13. The molecule has 0 fully saturated rings. The molecule has 0 bridgehead atoms. The normalized spacial score (nSPS) is 12.6. The molecule has 1 aliphatic heterocycles. The van der Waals surface area contributed by atoms with Crippen LogP contribution in [0.4, 0.5) is 10.8 Å². The van der Waals surface area contributed by atoms with Gasteiger partial charge in [-0.25, -0.2) is 4.98 Å². The van der Waals surface area contributed by atoms with E-state index < -0.39 is 0 Å². The van der Waals surface area contributed by atoms with Crippen LogP contribution in [-0.4, -0.2) is 23.7 Å². The van der Waals surface area contributed by atoms with Gasteiger partial charge in [0.2, 0.25) is 0 Å². The van der Waals surface area contributed by atoms with Crippen LogP contribution in [0, 0.1) is 0 Å². The number of aromatic nitrogens is 2. The smallest absolute Gasteiger partial charge is 0.188 e. The van der Waals surface area contributed by atoms with E-state index in [1.54, 1.807) is 24.6 Å². The SMILES string of the molecule is COc1cncc(-c2ccc3nc(Nc4ccc5c(c4)CCO5)sc3c2)c1. The molecule has 0 spiro atoms. The third kappa shape index (κ3) is 3.08. The van der Waals surface area contributed by atoms with Crippen LogP contribution in [0.3, 0.4) is 0 Å². The molecular weight excluding hydrogens is 358 g/mol. The molecule has 0 unspecified atom stereocenters. The van der Waals surface area contributed by atoms with Gasteiger partial charge in [0.25, 0.3) is 0 Å². The molecule has 0 amide bonds. The largest absolute Gasteiger partial charge is 0.495 e. The first kappa shape index (κ1) is 16.1. The lowest BCUT2D eigenvalue weighted by Gasteiger charge is -2.04. The van der Waals surface area contributed by atoms with E-state index in [9.17, 15) is 0 Å².